The van der Waals surface area contributed by atoms with Crippen LogP contribution in [0.15, 0.2) is 72.8 Å². The lowest BCUT2D eigenvalue weighted by Crippen LogP contribution is -2.47. The molecule has 5 rings (SSSR count). The van der Waals surface area contributed by atoms with Gasteiger partial charge in [0.1, 0.15) is 12.6 Å². The number of hydrogen-bond acceptors (Lipinski definition) is 3. The van der Waals surface area contributed by atoms with E-state index >= 15 is 0 Å². The molecule has 3 amide bonds. The van der Waals surface area contributed by atoms with Gasteiger partial charge in [-0.1, -0.05) is 60.7 Å². The maximum absolute atomic E-state index is 13.0. The van der Waals surface area contributed by atoms with Crippen LogP contribution in [0.4, 0.5) is 10.5 Å². The predicted molar refractivity (Wildman–Crippen MR) is 115 cm³/mol. The van der Waals surface area contributed by atoms with Crippen LogP contribution in [0.25, 0.3) is 10.8 Å². The Morgan fingerprint density at radius 3 is 2.57 bits per heavy atom. The van der Waals surface area contributed by atoms with E-state index in [9.17, 15) is 9.59 Å². The molecule has 6 heteroatoms. The van der Waals surface area contributed by atoms with E-state index in [-0.39, 0.29) is 18.0 Å². The molecule has 6 nitrogen and oxygen atoms in total. The van der Waals surface area contributed by atoms with Gasteiger partial charge < -0.3 is 10.2 Å². The van der Waals surface area contributed by atoms with Crippen LogP contribution < -0.4 is 5.32 Å². The number of urea groups is 1. The van der Waals surface area contributed by atoms with Gasteiger partial charge >= 0.3 is 6.03 Å². The number of nitrogens with one attached hydrogen (secondary N) is 1. The molecule has 0 radical (unpaired) electrons. The average molecular weight is 401 g/mol. The first kappa shape index (κ1) is 18.6. The Bertz CT molecular complexity index is 1090. The Labute approximate surface area is 175 Å². The minimum absolute atomic E-state index is 0.00840. The molecule has 2 bridgehead atoms. The molecule has 0 aliphatic carbocycles. The molecule has 0 spiro atoms. The second-order valence-corrected chi connectivity index (χ2v) is 7.82. The van der Waals surface area contributed by atoms with Gasteiger partial charge in [0, 0.05) is 12.2 Å². The molecule has 30 heavy (non-hydrogen) atoms. The number of anilines is 1. The SMILES string of the molecule is O=C(Nc1ccc2ccccc2c1)[C@@H]1CC[C@@H]2CN1C(=O)N2OCc1ccccc1. The number of piperidine rings is 1. The van der Waals surface area contributed by atoms with Gasteiger partial charge in [-0.05, 0) is 41.3 Å². The first-order chi connectivity index (χ1) is 14.7. The van der Waals surface area contributed by atoms with Crippen LogP contribution >= 0.6 is 0 Å². The summed E-state index contributed by atoms with van der Waals surface area (Å²) in [4.78, 5) is 33.3. The van der Waals surface area contributed by atoms with Crippen LogP contribution in [0.5, 0.6) is 0 Å². The van der Waals surface area contributed by atoms with E-state index in [2.05, 4.69) is 5.32 Å². The van der Waals surface area contributed by atoms with E-state index in [1.807, 2.05) is 72.8 Å². The first-order valence-electron chi connectivity index (χ1n) is 10.3. The fourth-order valence-electron chi connectivity index (χ4n) is 4.28. The van der Waals surface area contributed by atoms with E-state index in [0.717, 1.165) is 28.4 Å². The summed E-state index contributed by atoms with van der Waals surface area (Å²) in [5.41, 5.74) is 1.75. The molecule has 2 saturated heterocycles. The lowest BCUT2D eigenvalue weighted by molar-refractivity contribution is -0.140. The van der Waals surface area contributed by atoms with Gasteiger partial charge in [-0.15, -0.1) is 0 Å². The zero-order valence-electron chi connectivity index (χ0n) is 16.5. The molecule has 1 N–H and O–H groups in total. The maximum Gasteiger partial charge on any atom is 0.345 e. The molecular weight excluding hydrogens is 378 g/mol. The van der Waals surface area contributed by atoms with E-state index in [0.29, 0.717) is 19.6 Å². The molecule has 2 aliphatic heterocycles. The summed E-state index contributed by atoms with van der Waals surface area (Å²) in [5, 5.41) is 6.63. The fourth-order valence-corrected chi connectivity index (χ4v) is 4.28. The van der Waals surface area contributed by atoms with E-state index in [1.165, 1.54) is 5.06 Å². The van der Waals surface area contributed by atoms with Crippen molar-refractivity contribution < 1.29 is 14.4 Å². The summed E-state index contributed by atoms with van der Waals surface area (Å²) >= 11 is 0. The van der Waals surface area contributed by atoms with E-state index in [1.54, 1.807) is 4.90 Å². The van der Waals surface area contributed by atoms with Gasteiger partial charge in [-0.3, -0.25) is 9.63 Å². The topological polar surface area (TPSA) is 61.9 Å². The number of carbonyl (C=O) groups is 2. The number of hydroxylamine groups is 2. The van der Waals surface area contributed by atoms with Crippen molar-refractivity contribution in [2.45, 2.75) is 31.5 Å². The van der Waals surface area contributed by atoms with Crippen LogP contribution in [0, 0.1) is 0 Å². The van der Waals surface area contributed by atoms with Gasteiger partial charge in [-0.25, -0.2) is 4.79 Å². The average Bonchev–Trinajstić information content (AvgIpc) is 3.02. The van der Waals surface area contributed by atoms with Crippen molar-refractivity contribution in [1.82, 2.24) is 9.96 Å². The number of hydrogen-bond donors (Lipinski definition) is 1. The lowest BCUT2D eigenvalue weighted by Gasteiger charge is -2.29. The highest BCUT2D eigenvalue weighted by Gasteiger charge is 2.47. The highest BCUT2D eigenvalue weighted by atomic mass is 16.7. The molecule has 3 aromatic carbocycles. The Hall–Kier alpha value is -3.38. The fraction of sp³-hybridized carbons (Fsp3) is 0.250. The smallest absolute Gasteiger partial charge is 0.324 e. The number of rotatable bonds is 5. The molecule has 0 saturated carbocycles. The number of fused-ring (bicyclic) bond motifs is 3. The Morgan fingerprint density at radius 1 is 0.967 bits per heavy atom. The maximum atomic E-state index is 13.0. The van der Waals surface area contributed by atoms with E-state index < -0.39 is 6.04 Å². The van der Waals surface area contributed by atoms with Crippen LogP contribution in [-0.2, 0) is 16.2 Å². The van der Waals surface area contributed by atoms with Crippen LogP contribution in [-0.4, -0.2) is 40.5 Å². The normalized spacial score (nSPS) is 20.6. The highest BCUT2D eigenvalue weighted by Crippen LogP contribution is 2.31. The monoisotopic (exact) mass is 401 g/mol. The number of nitrogens with zero attached hydrogens (tertiary/aromatic N) is 2. The van der Waals surface area contributed by atoms with Gasteiger partial charge in [0.25, 0.3) is 0 Å². The minimum Gasteiger partial charge on any atom is -0.324 e. The third kappa shape index (κ3) is 3.50. The van der Waals surface area contributed by atoms with Crippen LogP contribution in [0.3, 0.4) is 0 Å². The largest absolute Gasteiger partial charge is 0.345 e. The second kappa shape index (κ2) is 7.80. The third-order valence-corrected chi connectivity index (χ3v) is 5.86. The standard InChI is InChI=1S/C24H23N3O3/c28-23(25-20-11-10-18-8-4-5-9-19(18)14-20)22-13-12-21-15-26(22)24(29)27(21)30-16-17-6-2-1-3-7-17/h1-11,14,21-22H,12-13,15-16H2,(H,25,28)/t21-,22+/m1/s1. The summed E-state index contributed by atoms with van der Waals surface area (Å²) in [5.74, 6) is -0.151. The van der Waals surface area contributed by atoms with Crippen molar-refractivity contribution in [2.75, 3.05) is 11.9 Å². The quantitative estimate of drug-likeness (QED) is 0.698. The molecule has 2 atom stereocenters. The van der Waals surface area contributed by atoms with Crippen molar-refractivity contribution in [1.29, 1.82) is 0 Å². The Balaban J connectivity index is 1.26. The predicted octanol–water partition coefficient (Wildman–Crippen LogP) is 4.18. The van der Waals surface area contributed by atoms with Crippen LogP contribution in [0.1, 0.15) is 18.4 Å². The lowest BCUT2D eigenvalue weighted by atomic mass is 10.00. The van der Waals surface area contributed by atoms with Gasteiger partial charge in [0.05, 0.1) is 6.04 Å². The van der Waals surface area contributed by atoms with Crippen LogP contribution in [0.2, 0.25) is 0 Å². The summed E-state index contributed by atoms with van der Waals surface area (Å²) < 4.78 is 0. The summed E-state index contributed by atoms with van der Waals surface area (Å²) in [6.07, 6.45) is 1.37. The van der Waals surface area contributed by atoms with Gasteiger partial charge in [-0.2, -0.15) is 5.06 Å². The molecule has 2 aliphatic rings. The molecule has 2 fully saturated rings. The molecule has 3 aromatic rings. The first-order valence-corrected chi connectivity index (χ1v) is 10.3. The molecule has 152 valence electrons. The van der Waals surface area contributed by atoms with Crippen molar-refractivity contribution in [3.63, 3.8) is 0 Å². The minimum atomic E-state index is -0.481. The summed E-state index contributed by atoms with van der Waals surface area (Å²) in [6.45, 7) is 0.855. The molecule has 0 aromatic heterocycles. The van der Waals surface area contributed by atoms with Crippen molar-refractivity contribution in [3.8, 4) is 0 Å². The summed E-state index contributed by atoms with van der Waals surface area (Å²) in [6, 6.07) is 22.9. The highest BCUT2D eigenvalue weighted by molar-refractivity contribution is 5.99. The van der Waals surface area contributed by atoms with Crippen molar-refractivity contribution in [3.05, 3.63) is 78.4 Å². The number of benzene rings is 3. The van der Waals surface area contributed by atoms with E-state index in [4.69, 9.17) is 4.84 Å². The number of carbonyl (C=O) groups excluding carboxylic acids is 2. The zero-order chi connectivity index (χ0) is 20.5. The van der Waals surface area contributed by atoms with Gasteiger partial charge in [0.2, 0.25) is 5.91 Å². The van der Waals surface area contributed by atoms with Crippen molar-refractivity contribution >= 4 is 28.4 Å². The zero-order valence-corrected chi connectivity index (χ0v) is 16.5. The molecule has 2 heterocycles. The van der Waals surface area contributed by atoms with Gasteiger partial charge in [0.15, 0.2) is 0 Å². The Morgan fingerprint density at radius 2 is 1.73 bits per heavy atom. The molecular formula is C24H23N3O3. The number of amides is 3. The summed E-state index contributed by atoms with van der Waals surface area (Å²) in [7, 11) is 0. The Kier molecular flexibility index (Phi) is 4.85. The molecule has 0 unspecified atom stereocenters. The van der Waals surface area contributed by atoms with Crippen molar-refractivity contribution in [2.24, 2.45) is 0 Å². The second-order valence-electron chi connectivity index (χ2n) is 7.82. The third-order valence-electron chi connectivity index (χ3n) is 5.86.